The quantitative estimate of drug-likeness (QED) is 0.524. The molecule has 0 saturated heterocycles. The number of aliphatic hydroxyl groups excluding tert-OH is 1. The van der Waals surface area contributed by atoms with Crippen molar-refractivity contribution in [1.29, 1.82) is 0 Å². The molecule has 1 aliphatic heterocycles. The largest absolute Gasteiger partial charge is 0.491 e. The molecule has 1 aliphatic rings. The number of rotatable bonds is 6. The van der Waals surface area contributed by atoms with Crippen molar-refractivity contribution >= 4 is 11.2 Å². The van der Waals surface area contributed by atoms with Gasteiger partial charge in [0.1, 0.15) is 24.0 Å². The number of hydrogen-bond donors (Lipinski definition) is 1. The van der Waals surface area contributed by atoms with Crippen LogP contribution in [-0.4, -0.2) is 50.3 Å². The highest BCUT2D eigenvalue weighted by molar-refractivity contribution is 5.75. The first-order valence-electron chi connectivity index (χ1n) is 10.6. The summed E-state index contributed by atoms with van der Waals surface area (Å²) >= 11 is 0. The van der Waals surface area contributed by atoms with Crippen molar-refractivity contribution in [3.63, 3.8) is 0 Å². The van der Waals surface area contributed by atoms with Gasteiger partial charge in [-0.25, -0.2) is 9.97 Å². The molecule has 6 heteroatoms. The van der Waals surface area contributed by atoms with Crippen molar-refractivity contribution in [3.05, 3.63) is 78.1 Å². The number of hydrogen-bond acceptors (Lipinski definition) is 5. The van der Waals surface area contributed by atoms with Crippen molar-refractivity contribution in [2.45, 2.75) is 19.1 Å². The van der Waals surface area contributed by atoms with Crippen molar-refractivity contribution in [2.75, 3.05) is 19.7 Å². The molecule has 158 valence electrons. The summed E-state index contributed by atoms with van der Waals surface area (Å²) in [5, 5.41) is 10.5. The first-order chi connectivity index (χ1) is 15.2. The molecular formula is C25H26N4O2. The Kier molecular flexibility index (Phi) is 5.40. The fourth-order valence-corrected chi connectivity index (χ4v) is 4.16. The molecule has 31 heavy (non-hydrogen) atoms. The van der Waals surface area contributed by atoms with Crippen molar-refractivity contribution in [3.8, 4) is 17.0 Å². The molecule has 5 rings (SSSR count). The number of nitrogens with zero attached hydrogens (tertiary/aromatic N) is 4. The lowest BCUT2D eigenvalue weighted by atomic mass is 10.00. The molecule has 1 atom stereocenters. The van der Waals surface area contributed by atoms with Gasteiger partial charge in [0.05, 0.1) is 12.0 Å². The monoisotopic (exact) mass is 414 g/mol. The fraction of sp³-hybridized carbons (Fsp3) is 0.280. The maximum atomic E-state index is 10.5. The van der Waals surface area contributed by atoms with E-state index in [0.29, 0.717) is 6.54 Å². The molecule has 0 amide bonds. The molecule has 0 bridgehead atoms. The Morgan fingerprint density at radius 2 is 1.94 bits per heavy atom. The third-order valence-electron chi connectivity index (χ3n) is 5.81. The second kappa shape index (κ2) is 8.49. The fourth-order valence-electron chi connectivity index (χ4n) is 4.16. The molecule has 2 aromatic heterocycles. The van der Waals surface area contributed by atoms with Crippen LogP contribution in [0.25, 0.3) is 22.4 Å². The average Bonchev–Trinajstić information content (AvgIpc) is 3.18. The van der Waals surface area contributed by atoms with E-state index in [-0.39, 0.29) is 6.61 Å². The Labute approximate surface area is 181 Å². The van der Waals surface area contributed by atoms with Crippen molar-refractivity contribution < 1.29 is 9.84 Å². The van der Waals surface area contributed by atoms with Crippen LogP contribution in [0.3, 0.4) is 0 Å². The van der Waals surface area contributed by atoms with Gasteiger partial charge in [0.25, 0.3) is 0 Å². The van der Waals surface area contributed by atoms with Gasteiger partial charge in [-0.05, 0) is 41.8 Å². The van der Waals surface area contributed by atoms with Gasteiger partial charge < -0.3 is 14.4 Å². The third kappa shape index (κ3) is 4.31. The van der Waals surface area contributed by atoms with Gasteiger partial charge in [-0.1, -0.05) is 36.4 Å². The highest BCUT2D eigenvalue weighted by Crippen LogP contribution is 2.24. The maximum Gasteiger partial charge on any atom is 0.160 e. The zero-order valence-electron chi connectivity index (χ0n) is 17.6. The highest BCUT2D eigenvalue weighted by atomic mass is 16.5. The minimum Gasteiger partial charge on any atom is -0.491 e. The molecule has 6 nitrogen and oxygen atoms in total. The van der Waals surface area contributed by atoms with Gasteiger partial charge in [-0.2, -0.15) is 0 Å². The van der Waals surface area contributed by atoms with Crippen LogP contribution < -0.4 is 4.74 Å². The Morgan fingerprint density at radius 1 is 1.06 bits per heavy atom. The number of β-amino-alcohol motifs (C(OH)–C–C–N with tert-alkyl or cyclic N) is 1. The number of aryl methyl sites for hydroxylation is 1. The lowest BCUT2D eigenvalue weighted by Gasteiger charge is -2.30. The summed E-state index contributed by atoms with van der Waals surface area (Å²) in [4.78, 5) is 11.3. The van der Waals surface area contributed by atoms with Crippen LogP contribution in [0.15, 0.2) is 67.0 Å². The second-order valence-corrected chi connectivity index (χ2v) is 8.14. The Hall–Kier alpha value is -3.22. The first-order valence-corrected chi connectivity index (χ1v) is 10.6. The number of pyridine rings is 1. The minimum atomic E-state index is -0.544. The summed E-state index contributed by atoms with van der Waals surface area (Å²) in [6, 6.07) is 20.3. The molecule has 4 aromatic rings. The SMILES string of the molecule is Cn1cnc2ccc(-c3cccc(OCC(O)CN4CCc5ccccc5C4)c3)nc21. The molecule has 1 N–H and O–H groups in total. The van der Waals surface area contributed by atoms with Crippen LogP contribution in [0, 0.1) is 0 Å². The van der Waals surface area contributed by atoms with Crippen LogP contribution in [0.4, 0.5) is 0 Å². The van der Waals surface area contributed by atoms with Crippen LogP contribution >= 0.6 is 0 Å². The molecule has 0 radical (unpaired) electrons. The van der Waals surface area contributed by atoms with Gasteiger partial charge in [-0.3, -0.25) is 4.90 Å². The van der Waals surface area contributed by atoms with Gasteiger partial charge in [-0.15, -0.1) is 0 Å². The summed E-state index contributed by atoms with van der Waals surface area (Å²) in [5.74, 6) is 0.729. The number of aliphatic hydroxyl groups is 1. The van der Waals surface area contributed by atoms with E-state index < -0.39 is 6.10 Å². The van der Waals surface area contributed by atoms with E-state index in [9.17, 15) is 5.11 Å². The summed E-state index contributed by atoms with van der Waals surface area (Å²) < 4.78 is 7.83. The standard InChI is InChI=1S/C25H26N4O2/c1-28-17-26-24-10-9-23(27-25(24)28)19-7-4-8-22(13-19)31-16-21(30)15-29-12-11-18-5-2-3-6-20(18)14-29/h2-10,13,17,21,30H,11-12,14-16H2,1H3. The van der Waals surface area contributed by atoms with Crippen LogP contribution in [0.5, 0.6) is 5.75 Å². The van der Waals surface area contributed by atoms with Gasteiger partial charge in [0.15, 0.2) is 5.65 Å². The highest BCUT2D eigenvalue weighted by Gasteiger charge is 2.18. The van der Waals surface area contributed by atoms with E-state index in [0.717, 1.165) is 47.7 Å². The van der Waals surface area contributed by atoms with E-state index in [2.05, 4.69) is 34.1 Å². The lowest BCUT2D eigenvalue weighted by molar-refractivity contribution is 0.0638. The molecule has 1 unspecified atom stereocenters. The molecule has 3 heterocycles. The smallest absolute Gasteiger partial charge is 0.160 e. The van der Waals surface area contributed by atoms with Gasteiger partial charge >= 0.3 is 0 Å². The first kappa shape index (κ1) is 19.7. The Bertz CT molecular complexity index is 1200. The van der Waals surface area contributed by atoms with Crippen molar-refractivity contribution in [2.24, 2.45) is 7.05 Å². The van der Waals surface area contributed by atoms with E-state index in [1.54, 1.807) is 6.33 Å². The average molecular weight is 415 g/mol. The van der Waals surface area contributed by atoms with E-state index in [1.165, 1.54) is 11.1 Å². The normalized spacial score (nSPS) is 15.0. The van der Waals surface area contributed by atoms with Crippen LogP contribution in [0.1, 0.15) is 11.1 Å². The predicted molar refractivity (Wildman–Crippen MR) is 121 cm³/mol. The zero-order chi connectivity index (χ0) is 21.2. The lowest BCUT2D eigenvalue weighted by Crippen LogP contribution is -2.38. The number of ether oxygens (including phenoxy) is 1. The zero-order valence-corrected chi connectivity index (χ0v) is 17.6. The molecular weight excluding hydrogens is 388 g/mol. The number of fused-ring (bicyclic) bond motifs is 2. The predicted octanol–water partition coefficient (Wildman–Crippen LogP) is 3.43. The number of imidazole rings is 1. The van der Waals surface area contributed by atoms with Gasteiger partial charge in [0.2, 0.25) is 0 Å². The van der Waals surface area contributed by atoms with Crippen LogP contribution in [-0.2, 0) is 20.0 Å². The molecule has 0 fully saturated rings. The molecule has 0 aliphatic carbocycles. The summed E-state index contributed by atoms with van der Waals surface area (Å²) in [7, 11) is 1.94. The Morgan fingerprint density at radius 3 is 2.84 bits per heavy atom. The summed E-state index contributed by atoms with van der Waals surface area (Å²) in [6.45, 7) is 2.71. The molecule has 0 saturated carbocycles. The van der Waals surface area contributed by atoms with Crippen LogP contribution in [0.2, 0.25) is 0 Å². The summed E-state index contributed by atoms with van der Waals surface area (Å²) in [6.07, 6.45) is 2.25. The third-order valence-corrected chi connectivity index (χ3v) is 5.81. The number of benzene rings is 2. The van der Waals surface area contributed by atoms with E-state index >= 15 is 0 Å². The minimum absolute atomic E-state index is 0.260. The van der Waals surface area contributed by atoms with E-state index in [1.807, 2.05) is 48.0 Å². The van der Waals surface area contributed by atoms with Crippen molar-refractivity contribution in [1.82, 2.24) is 19.4 Å². The van der Waals surface area contributed by atoms with E-state index in [4.69, 9.17) is 9.72 Å². The summed E-state index contributed by atoms with van der Waals surface area (Å²) in [5.41, 5.74) is 6.34. The second-order valence-electron chi connectivity index (χ2n) is 8.14. The van der Waals surface area contributed by atoms with Gasteiger partial charge in [0, 0.05) is 32.2 Å². The maximum absolute atomic E-state index is 10.5. The molecule has 2 aromatic carbocycles. The molecule has 0 spiro atoms. The number of aromatic nitrogens is 3. The topological polar surface area (TPSA) is 63.4 Å². The Balaban J connectivity index is 1.21.